The van der Waals surface area contributed by atoms with Gasteiger partial charge in [-0.1, -0.05) is 23.2 Å². The van der Waals surface area contributed by atoms with Gasteiger partial charge in [-0.05, 0) is 31.2 Å². The average molecular weight is 385 g/mol. The van der Waals surface area contributed by atoms with Crippen molar-refractivity contribution in [2.45, 2.75) is 13.0 Å². The molecule has 0 aliphatic carbocycles. The summed E-state index contributed by atoms with van der Waals surface area (Å²) in [6.07, 6.45) is -0.914. The molecule has 7 nitrogen and oxygen atoms in total. The maximum atomic E-state index is 12.3. The number of carbonyl (C=O) groups is 1. The van der Waals surface area contributed by atoms with Crippen LogP contribution in [-0.2, 0) is 4.79 Å². The monoisotopic (exact) mass is 384 g/mol. The zero-order chi connectivity index (χ0) is 18.6. The number of nitrogens with one attached hydrogen (secondary N) is 1. The first-order valence-electron chi connectivity index (χ1n) is 7.07. The van der Waals surface area contributed by atoms with Gasteiger partial charge in [-0.2, -0.15) is 0 Å². The van der Waals surface area contributed by atoms with Crippen LogP contribution in [0.15, 0.2) is 36.4 Å². The number of rotatable bonds is 6. The number of hydrogen-bond acceptors (Lipinski definition) is 5. The van der Waals surface area contributed by atoms with Gasteiger partial charge >= 0.3 is 0 Å². The number of nitro groups is 1. The first-order chi connectivity index (χ1) is 11.8. The minimum atomic E-state index is -0.914. The summed E-state index contributed by atoms with van der Waals surface area (Å²) in [6, 6.07) is 8.53. The fourth-order valence-corrected chi connectivity index (χ4v) is 2.35. The molecule has 0 aliphatic heterocycles. The number of anilines is 1. The number of methoxy groups -OCH3 is 1. The van der Waals surface area contributed by atoms with E-state index < -0.39 is 16.9 Å². The molecule has 0 aliphatic rings. The second-order valence-corrected chi connectivity index (χ2v) is 5.81. The Bertz CT molecular complexity index is 813. The number of carbonyl (C=O) groups excluding carboxylic acids is 1. The molecule has 2 aromatic carbocycles. The number of benzene rings is 2. The van der Waals surface area contributed by atoms with Crippen molar-refractivity contribution in [3.63, 3.8) is 0 Å². The van der Waals surface area contributed by atoms with Gasteiger partial charge in [0, 0.05) is 17.2 Å². The van der Waals surface area contributed by atoms with E-state index in [4.69, 9.17) is 32.7 Å². The van der Waals surface area contributed by atoms with E-state index in [0.717, 1.165) is 6.07 Å². The number of amides is 1. The van der Waals surface area contributed by atoms with Crippen LogP contribution in [-0.4, -0.2) is 24.0 Å². The topological polar surface area (TPSA) is 90.7 Å². The molecular formula is C16H14Cl2N2O5. The summed E-state index contributed by atoms with van der Waals surface area (Å²) in [5, 5.41) is 13.8. The highest BCUT2D eigenvalue weighted by atomic mass is 35.5. The third-order valence-electron chi connectivity index (χ3n) is 3.22. The molecule has 2 rings (SSSR count). The zero-order valence-electron chi connectivity index (χ0n) is 13.3. The molecule has 0 saturated heterocycles. The minimum absolute atomic E-state index is 0.0363. The minimum Gasteiger partial charge on any atom is -0.495 e. The molecule has 0 heterocycles. The molecule has 0 unspecified atom stereocenters. The van der Waals surface area contributed by atoms with Crippen LogP contribution in [0, 0.1) is 10.1 Å². The lowest BCUT2D eigenvalue weighted by Gasteiger charge is -2.17. The van der Waals surface area contributed by atoms with Crippen molar-refractivity contribution in [1.29, 1.82) is 0 Å². The standard InChI is InChI=1S/C16H14Cl2N2O5/c1-9(25-14-6-4-11(20(22)23)8-12(14)18)16(21)19-13-7-10(17)3-5-15(13)24-2/h3-9H,1-2H3,(H,19,21)/t9-/m0/s1. The van der Waals surface area contributed by atoms with E-state index in [1.807, 2.05) is 0 Å². The van der Waals surface area contributed by atoms with E-state index in [-0.39, 0.29) is 16.5 Å². The van der Waals surface area contributed by atoms with Crippen molar-refractivity contribution in [2.24, 2.45) is 0 Å². The van der Waals surface area contributed by atoms with Crippen molar-refractivity contribution >= 4 is 40.5 Å². The highest BCUT2D eigenvalue weighted by Crippen LogP contribution is 2.30. The molecule has 132 valence electrons. The van der Waals surface area contributed by atoms with E-state index in [2.05, 4.69) is 5.32 Å². The van der Waals surface area contributed by atoms with Gasteiger partial charge in [0.15, 0.2) is 6.10 Å². The Kier molecular flexibility index (Phi) is 6.06. The van der Waals surface area contributed by atoms with Gasteiger partial charge in [-0.15, -0.1) is 0 Å². The predicted molar refractivity (Wildman–Crippen MR) is 94.8 cm³/mol. The molecule has 1 amide bonds. The molecule has 0 saturated carbocycles. The molecule has 9 heteroatoms. The maximum absolute atomic E-state index is 12.3. The van der Waals surface area contributed by atoms with Gasteiger partial charge in [0.25, 0.3) is 11.6 Å². The van der Waals surface area contributed by atoms with Gasteiger partial charge < -0.3 is 14.8 Å². The summed E-state index contributed by atoms with van der Waals surface area (Å²) >= 11 is 11.9. The van der Waals surface area contributed by atoms with Crippen LogP contribution in [0.2, 0.25) is 10.0 Å². The molecule has 1 atom stereocenters. The molecule has 0 bridgehead atoms. The first-order valence-corrected chi connectivity index (χ1v) is 7.82. The Morgan fingerprint density at radius 3 is 2.48 bits per heavy atom. The van der Waals surface area contributed by atoms with E-state index >= 15 is 0 Å². The summed E-state index contributed by atoms with van der Waals surface area (Å²) in [6.45, 7) is 1.52. The van der Waals surface area contributed by atoms with Crippen molar-refractivity contribution in [2.75, 3.05) is 12.4 Å². The summed E-state index contributed by atoms with van der Waals surface area (Å²) in [4.78, 5) is 22.4. The third-order valence-corrected chi connectivity index (χ3v) is 3.75. The highest BCUT2D eigenvalue weighted by Gasteiger charge is 2.19. The molecule has 25 heavy (non-hydrogen) atoms. The molecule has 0 fully saturated rings. The van der Waals surface area contributed by atoms with Crippen LogP contribution < -0.4 is 14.8 Å². The van der Waals surface area contributed by atoms with Crippen molar-refractivity contribution in [1.82, 2.24) is 0 Å². The Morgan fingerprint density at radius 2 is 1.88 bits per heavy atom. The predicted octanol–water partition coefficient (Wildman–Crippen LogP) is 4.32. The van der Waals surface area contributed by atoms with Crippen molar-refractivity contribution in [3.8, 4) is 11.5 Å². The highest BCUT2D eigenvalue weighted by molar-refractivity contribution is 6.32. The second-order valence-electron chi connectivity index (χ2n) is 4.97. The van der Waals surface area contributed by atoms with Crippen LogP contribution in [0.25, 0.3) is 0 Å². The summed E-state index contributed by atoms with van der Waals surface area (Å²) in [5.74, 6) is 0.140. The first kappa shape index (κ1) is 18.8. The summed E-state index contributed by atoms with van der Waals surface area (Å²) < 4.78 is 10.6. The molecule has 0 spiro atoms. The smallest absolute Gasteiger partial charge is 0.271 e. The second kappa shape index (κ2) is 8.04. The lowest BCUT2D eigenvalue weighted by molar-refractivity contribution is -0.384. The van der Waals surface area contributed by atoms with Crippen molar-refractivity contribution < 1.29 is 19.2 Å². The van der Waals surface area contributed by atoms with Gasteiger partial charge in [-0.25, -0.2) is 0 Å². The number of hydrogen-bond donors (Lipinski definition) is 1. The molecule has 1 N–H and O–H groups in total. The third kappa shape index (κ3) is 4.74. The SMILES string of the molecule is COc1ccc(Cl)cc1NC(=O)[C@H](C)Oc1ccc([N+](=O)[O-])cc1Cl. The van der Waals surface area contributed by atoms with Gasteiger partial charge in [0.05, 0.1) is 22.7 Å². The Labute approximate surface area is 153 Å². The van der Waals surface area contributed by atoms with Crippen LogP contribution >= 0.6 is 23.2 Å². The van der Waals surface area contributed by atoms with E-state index in [0.29, 0.717) is 16.5 Å². The summed E-state index contributed by atoms with van der Waals surface area (Å²) in [5.41, 5.74) is 0.225. The van der Waals surface area contributed by atoms with E-state index in [1.165, 1.54) is 26.2 Å². The van der Waals surface area contributed by atoms with Crippen LogP contribution in [0.1, 0.15) is 6.92 Å². The molecule has 0 aromatic heterocycles. The molecular weight excluding hydrogens is 371 g/mol. The Balaban J connectivity index is 2.11. The lowest BCUT2D eigenvalue weighted by Crippen LogP contribution is -2.30. The van der Waals surface area contributed by atoms with Crippen LogP contribution in [0.4, 0.5) is 11.4 Å². The number of non-ortho nitro benzene ring substituents is 1. The van der Waals surface area contributed by atoms with E-state index in [1.54, 1.807) is 18.2 Å². The zero-order valence-corrected chi connectivity index (χ0v) is 14.8. The Morgan fingerprint density at radius 1 is 1.20 bits per heavy atom. The van der Waals surface area contributed by atoms with Gasteiger partial charge in [0.2, 0.25) is 0 Å². The normalized spacial score (nSPS) is 11.5. The maximum Gasteiger partial charge on any atom is 0.271 e. The number of nitrogens with zero attached hydrogens (tertiary/aromatic N) is 1. The molecule has 2 aromatic rings. The fraction of sp³-hybridized carbons (Fsp3) is 0.188. The fourth-order valence-electron chi connectivity index (χ4n) is 1.96. The van der Waals surface area contributed by atoms with Crippen molar-refractivity contribution in [3.05, 3.63) is 56.6 Å². The van der Waals surface area contributed by atoms with E-state index in [9.17, 15) is 14.9 Å². The van der Waals surface area contributed by atoms with Crippen LogP contribution in [0.5, 0.6) is 11.5 Å². The lowest BCUT2D eigenvalue weighted by atomic mass is 10.2. The number of nitro benzene ring substituents is 1. The van der Waals surface area contributed by atoms with Gasteiger partial charge in [0.1, 0.15) is 11.5 Å². The molecule has 0 radical (unpaired) electrons. The number of halogens is 2. The van der Waals surface area contributed by atoms with Crippen LogP contribution in [0.3, 0.4) is 0 Å². The van der Waals surface area contributed by atoms with Gasteiger partial charge in [-0.3, -0.25) is 14.9 Å². The number of ether oxygens (including phenoxy) is 2. The Hall–Kier alpha value is -2.51. The average Bonchev–Trinajstić information content (AvgIpc) is 2.56. The summed E-state index contributed by atoms with van der Waals surface area (Å²) in [7, 11) is 1.47. The largest absolute Gasteiger partial charge is 0.495 e. The quantitative estimate of drug-likeness (QED) is 0.591.